The molecule has 0 aromatic heterocycles. The topological polar surface area (TPSA) is 56.7 Å². The molecule has 1 aliphatic rings. The average Bonchev–Trinajstić information content (AvgIpc) is 3.00. The minimum atomic E-state index is 0. The minimum Gasteiger partial charge on any atom is -0.357 e. The van der Waals surface area contributed by atoms with E-state index in [0.29, 0.717) is 19.5 Å². The van der Waals surface area contributed by atoms with Crippen LogP contribution in [0.5, 0.6) is 0 Å². The number of hydrogen-bond donors (Lipinski definition) is 2. The van der Waals surface area contributed by atoms with Crippen LogP contribution >= 0.6 is 24.0 Å². The number of anilines is 1. The summed E-state index contributed by atoms with van der Waals surface area (Å²) < 4.78 is 0. The molecule has 0 saturated carbocycles. The molecule has 1 heterocycles. The predicted molar refractivity (Wildman–Crippen MR) is 111 cm³/mol. The molecular formula is C18H27IN4O. The number of guanidine groups is 1. The molecule has 0 unspecified atom stereocenters. The van der Waals surface area contributed by atoms with Gasteiger partial charge in [0.25, 0.3) is 0 Å². The molecule has 2 rings (SSSR count). The first-order chi connectivity index (χ1) is 11.3. The molecule has 1 aromatic carbocycles. The van der Waals surface area contributed by atoms with Gasteiger partial charge in [0.1, 0.15) is 0 Å². The average molecular weight is 442 g/mol. The Labute approximate surface area is 161 Å². The smallest absolute Gasteiger partial charge is 0.227 e. The van der Waals surface area contributed by atoms with Crippen LogP contribution in [0.25, 0.3) is 0 Å². The van der Waals surface area contributed by atoms with E-state index in [2.05, 4.69) is 28.3 Å². The summed E-state index contributed by atoms with van der Waals surface area (Å²) in [5.41, 5.74) is 2.34. The normalized spacial score (nSPS) is 13.0. The van der Waals surface area contributed by atoms with E-state index in [1.54, 1.807) is 6.08 Å². The van der Waals surface area contributed by atoms with E-state index in [1.807, 2.05) is 30.0 Å². The van der Waals surface area contributed by atoms with E-state index in [9.17, 15) is 4.79 Å². The first-order valence-corrected chi connectivity index (χ1v) is 8.27. The SMILES string of the molecule is C=CCNC(=NCCCC(=O)N1CCc2ccccc21)NCC.I. The number of nitrogens with zero attached hydrogens (tertiary/aromatic N) is 2. The zero-order valence-electron chi connectivity index (χ0n) is 14.3. The molecule has 0 saturated heterocycles. The van der Waals surface area contributed by atoms with E-state index in [4.69, 9.17) is 0 Å². The second-order valence-electron chi connectivity index (χ2n) is 5.46. The molecule has 0 spiro atoms. The van der Waals surface area contributed by atoms with Crippen molar-refractivity contribution in [2.45, 2.75) is 26.2 Å². The highest BCUT2D eigenvalue weighted by Crippen LogP contribution is 2.27. The lowest BCUT2D eigenvalue weighted by Gasteiger charge is -2.17. The maximum Gasteiger partial charge on any atom is 0.227 e. The summed E-state index contributed by atoms with van der Waals surface area (Å²) in [6.07, 6.45) is 4.03. The van der Waals surface area contributed by atoms with E-state index in [-0.39, 0.29) is 29.9 Å². The monoisotopic (exact) mass is 442 g/mol. The highest BCUT2D eigenvalue weighted by Gasteiger charge is 2.23. The van der Waals surface area contributed by atoms with Crippen molar-refractivity contribution in [3.8, 4) is 0 Å². The number of rotatable bonds is 7. The quantitative estimate of drug-likeness (QED) is 0.225. The van der Waals surface area contributed by atoms with Crippen molar-refractivity contribution in [2.24, 2.45) is 4.99 Å². The number of hydrogen-bond acceptors (Lipinski definition) is 2. The summed E-state index contributed by atoms with van der Waals surface area (Å²) in [6, 6.07) is 8.14. The summed E-state index contributed by atoms with van der Waals surface area (Å²) in [6.45, 7) is 8.62. The van der Waals surface area contributed by atoms with Gasteiger partial charge in [-0.2, -0.15) is 0 Å². The summed E-state index contributed by atoms with van der Waals surface area (Å²) >= 11 is 0. The fourth-order valence-electron chi connectivity index (χ4n) is 2.66. The van der Waals surface area contributed by atoms with E-state index < -0.39 is 0 Å². The first kappa shape index (κ1) is 20.5. The molecule has 0 atom stereocenters. The molecule has 1 amide bonds. The van der Waals surface area contributed by atoms with Crippen molar-refractivity contribution < 1.29 is 4.79 Å². The summed E-state index contributed by atoms with van der Waals surface area (Å²) in [5, 5.41) is 6.32. The van der Waals surface area contributed by atoms with Crippen LogP contribution in [-0.2, 0) is 11.2 Å². The van der Waals surface area contributed by atoms with Gasteiger partial charge in [0.15, 0.2) is 5.96 Å². The molecule has 0 radical (unpaired) electrons. The van der Waals surface area contributed by atoms with E-state index in [0.717, 1.165) is 37.6 Å². The Morgan fingerprint density at radius 3 is 2.92 bits per heavy atom. The zero-order chi connectivity index (χ0) is 16.5. The van der Waals surface area contributed by atoms with Crippen LogP contribution in [0, 0.1) is 0 Å². The molecule has 0 bridgehead atoms. The van der Waals surface area contributed by atoms with Gasteiger partial charge in [0, 0.05) is 38.3 Å². The molecular weight excluding hydrogens is 415 g/mol. The summed E-state index contributed by atoms with van der Waals surface area (Å²) in [5.74, 6) is 0.959. The van der Waals surface area contributed by atoms with Crippen molar-refractivity contribution in [1.82, 2.24) is 10.6 Å². The standard InChI is InChI=1S/C18H26N4O.HI/c1-3-12-20-18(19-4-2)21-13-7-10-17(23)22-14-11-15-8-5-6-9-16(15)22;/h3,5-6,8-9H,1,4,7,10-14H2,2H3,(H2,19,20,21);1H. The number of para-hydroxylation sites is 1. The zero-order valence-corrected chi connectivity index (χ0v) is 16.6. The highest BCUT2D eigenvalue weighted by atomic mass is 127. The minimum absolute atomic E-state index is 0. The number of amides is 1. The largest absolute Gasteiger partial charge is 0.357 e. The number of halogens is 1. The Balaban J connectivity index is 0.00000288. The van der Waals surface area contributed by atoms with Crippen LogP contribution < -0.4 is 15.5 Å². The second-order valence-corrected chi connectivity index (χ2v) is 5.46. The third kappa shape index (κ3) is 5.81. The van der Waals surface area contributed by atoms with Crippen molar-refractivity contribution in [2.75, 3.05) is 31.1 Å². The fourth-order valence-corrected chi connectivity index (χ4v) is 2.66. The van der Waals surface area contributed by atoms with Gasteiger partial charge in [-0.15, -0.1) is 30.6 Å². The van der Waals surface area contributed by atoms with Crippen molar-refractivity contribution in [3.05, 3.63) is 42.5 Å². The van der Waals surface area contributed by atoms with Gasteiger partial charge in [-0.3, -0.25) is 9.79 Å². The van der Waals surface area contributed by atoms with Crippen molar-refractivity contribution in [3.63, 3.8) is 0 Å². The van der Waals surface area contributed by atoms with Crippen molar-refractivity contribution >= 4 is 41.5 Å². The number of benzene rings is 1. The van der Waals surface area contributed by atoms with E-state index in [1.165, 1.54) is 5.56 Å². The first-order valence-electron chi connectivity index (χ1n) is 8.27. The second kappa shape index (κ2) is 11.1. The highest BCUT2D eigenvalue weighted by molar-refractivity contribution is 14.0. The molecule has 0 aliphatic carbocycles. The Hall–Kier alpha value is -1.57. The van der Waals surface area contributed by atoms with Gasteiger partial charge >= 0.3 is 0 Å². The van der Waals surface area contributed by atoms with Gasteiger partial charge in [-0.25, -0.2) is 0 Å². The lowest BCUT2D eigenvalue weighted by Crippen LogP contribution is -2.37. The van der Waals surface area contributed by atoms with Crippen LogP contribution in [0.3, 0.4) is 0 Å². The van der Waals surface area contributed by atoms with Gasteiger partial charge in [0.2, 0.25) is 5.91 Å². The lowest BCUT2D eigenvalue weighted by molar-refractivity contribution is -0.118. The lowest BCUT2D eigenvalue weighted by atomic mass is 10.2. The summed E-state index contributed by atoms with van der Waals surface area (Å²) in [4.78, 5) is 18.8. The van der Waals surface area contributed by atoms with Crippen LogP contribution in [0.2, 0.25) is 0 Å². The number of carbonyl (C=O) groups is 1. The maximum absolute atomic E-state index is 12.4. The Bertz CT molecular complexity index is 574. The number of nitrogens with one attached hydrogen (secondary N) is 2. The third-order valence-corrected chi connectivity index (χ3v) is 3.76. The van der Waals surface area contributed by atoms with Gasteiger partial charge < -0.3 is 15.5 Å². The number of aliphatic imine (C=N–C) groups is 1. The number of carbonyl (C=O) groups excluding carboxylic acids is 1. The molecule has 5 nitrogen and oxygen atoms in total. The number of fused-ring (bicyclic) bond motifs is 1. The van der Waals surface area contributed by atoms with Crippen LogP contribution in [0.1, 0.15) is 25.3 Å². The maximum atomic E-state index is 12.4. The third-order valence-electron chi connectivity index (χ3n) is 3.76. The molecule has 24 heavy (non-hydrogen) atoms. The van der Waals surface area contributed by atoms with Crippen molar-refractivity contribution in [1.29, 1.82) is 0 Å². The Kier molecular flexibility index (Phi) is 9.44. The fraction of sp³-hybridized carbons (Fsp3) is 0.444. The van der Waals surface area contributed by atoms with E-state index >= 15 is 0 Å². The van der Waals surface area contributed by atoms with Crippen LogP contribution in [0.15, 0.2) is 41.9 Å². The van der Waals surface area contributed by atoms with Gasteiger partial charge in [-0.05, 0) is 31.4 Å². The summed E-state index contributed by atoms with van der Waals surface area (Å²) in [7, 11) is 0. The van der Waals surface area contributed by atoms with Crippen LogP contribution in [0.4, 0.5) is 5.69 Å². The molecule has 6 heteroatoms. The molecule has 2 N–H and O–H groups in total. The van der Waals surface area contributed by atoms with Gasteiger partial charge in [-0.1, -0.05) is 24.3 Å². The van der Waals surface area contributed by atoms with Crippen LogP contribution in [-0.4, -0.2) is 38.0 Å². The van der Waals surface area contributed by atoms with Gasteiger partial charge in [0.05, 0.1) is 0 Å². The molecule has 1 aromatic rings. The predicted octanol–water partition coefficient (Wildman–Crippen LogP) is 2.72. The molecule has 0 fully saturated rings. The Morgan fingerprint density at radius 1 is 1.38 bits per heavy atom. The molecule has 1 aliphatic heterocycles. The Morgan fingerprint density at radius 2 is 2.17 bits per heavy atom. The molecule has 132 valence electrons.